The molecule has 0 aliphatic carbocycles. The molecule has 0 bridgehead atoms. The van der Waals surface area contributed by atoms with Crippen LogP contribution in [0.2, 0.25) is 5.02 Å². The van der Waals surface area contributed by atoms with Gasteiger partial charge in [-0.15, -0.1) is 0 Å². The average Bonchev–Trinajstić information content (AvgIpc) is 2.77. The summed E-state index contributed by atoms with van der Waals surface area (Å²) in [5.41, 5.74) is 0.926. The number of carboxylic acids is 1. The van der Waals surface area contributed by atoms with Crippen molar-refractivity contribution in [3.05, 3.63) is 22.7 Å². The molecule has 20 heavy (non-hydrogen) atoms. The molecule has 1 aromatic carbocycles. The maximum absolute atomic E-state index is 11.1. The summed E-state index contributed by atoms with van der Waals surface area (Å²) in [6, 6.07) is 3.63. The van der Waals surface area contributed by atoms with E-state index in [2.05, 4.69) is 5.32 Å². The zero-order chi connectivity index (χ0) is 14.1. The van der Waals surface area contributed by atoms with E-state index in [1.54, 1.807) is 6.07 Å². The van der Waals surface area contributed by atoms with Crippen LogP contribution in [0, 0.1) is 5.92 Å². The first-order valence-electron chi connectivity index (χ1n) is 6.71. The van der Waals surface area contributed by atoms with Gasteiger partial charge in [0, 0.05) is 24.6 Å². The Morgan fingerprint density at radius 1 is 1.30 bits per heavy atom. The molecule has 0 amide bonds. The molecule has 108 valence electrons. The first-order valence-corrected chi connectivity index (χ1v) is 7.09. The summed E-state index contributed by atoms with van der Waals surface area (Å²) < 4.78 is 11.4. The van der Waals surface area contributed by atoms with Crippen molar-refractivity contribution in [3.8, 4) is 11.5 Å². The monoisotopic (exact) mass is 297 g/mol. The molecule has 2 aliphatic heterocycles. The summed E-state index contributed by atoms with van der Waals surface area (Å²) in [6.45, 7) is 1.62. The van der Waals surface area contributed by atoms with Gasteiger partial charge in [0.05, 0.1) is 24.2 Å². The molecule has 2 heterocycles. The van der Waals surface area contributed by atoms with Crippen LogP contribution in [0.1, 0.15) is 24.4 Å². The van der Waals surface area contributed by atoms with E-state index in [0.29, 0.717) is 42.7 Å². The van der Waals surface area contributed by atoms with Crippen LogP contribution in [0.25, 0.3) is 0 Å². The van der Waals surface area contributed by atoms with Crippen LogP contribution in [-0.4, -0.2) is 30.8 Å². The second kappa shape index (κ2) is 5.50. The fourth-order valence-electron chi connectivity index (χ4n) is 2.68. The molecule has 2 atom stereocenters. The first kappa shape index (κ1) is 13.5. The molecule has 0 radical (unpaired) electrons. The topological polar surface area (TPSA) is 67.8 Å². The number of hydrogen-bond donors (Lipinski definition) is 2. The lowest BCUT2D eigenvalue weighted by Crippen LogP contribution is -2.17. The van der Waals surface area contributed by atoms with Crippen molar-refractivity contribution in [2.45, 2.75) is 18.9 Å². The molecular formula is C14H16ClNO4. The lowest BCUT2D eigenvalue weighted by atomic mass is 9.99. The molecule has 1 aromatic rings. The summed E-state index contributed by atoms with van der Waals surface area (Å²) in [4.78, 5) is 11.1. The van der Waals surface area contributed by atoms with Gasteiger partial charge in [-0.1, -0.05) is 17.7 Å². The van der Waals surface area contributed by atoms with Crippen LogP contribution < -0.4 is 14.8 Å². The molecular weight excluding hydrogens is 282 g/mol. The second-order valence-electron chi connectivity index (χ2n) is 5.08. The minimum absolute atomic E-state index is 0.0381. The van der Waals surface area contributed by atoms with E-state index in [9.17, 15) is 4.79 Å². The van der Waals surface area contributed by atoms with Crippen molar-refractivity contribution in [1.29, 1.82) is 0 Å². The van der Waals surface area contributed by atoms with Gasteiger partial charge in [-0.2, -0.15) is 0 Å². The normalized spacial score (nSPS) is 25.2. The highest BCUT2D eigenvalue weighted by Gasteiger charge is 2.33. The summed E-state index contributed by atoms with van der Waals surface area (Å²) in [7, 11) is 0. The van der Waals surface area contributed by atoms with E-state index in [0.717, 1.165) is 12.0 Å². The number of rotatable bonds is 2. The standard InChI is InChI=1S/C14H16ClNO4/c15-10-3-2-9(11-6-8(7-16-11)14(17)18)12-13(10)20-5-1-4-19-12/h2-3,8,11,16H,1,4-7H2,(H,17,18). The highest BCUT2D eigenvalue weighted by atomic mass is 35.5. The van der Waals surface area contributed by atoms with Gasteiger partial charge in [0.15, 0.2) is 11.5 Å². The molecule has 0 saturated carbocycles. The zero-order valence-corrected chi connectivity index (χ0v) is 11.7. The maximum atomic E-state index is 11.1. The summed E-state index contributed by atoms with van der Waals surface area (Å²) >= 11 is 6.15. The summed E-state index contributed by atoms with van der Waals surface area (Å²) in [6.07, 6.45) is 1.35. The Labute approximate surface area is 121 Å². The highest BCUT2D eigenvalue weighted by molar-refractivity contribution is 6.32. The number of ether oxygens (including phenoxy) is 2. The van der Waals surface area contributed by atoms with Gasteiger partial charge < -0.3 is 19.9 Å². The third-order valence-electron chi connectivity index (χ3n) is 3.73. The molecule has 3 rings (SSSR count). The quantitative estimate of drug-likeness (QED) is 0.876. The van der Waals surface area contributed by atoms with Gasteiger partial charge in [0.25, 0.3) is 0 Å². The number of benzene rings is 1. The van der Waals surface area contributed by atoms with E-state index in [1.807, 2.05) is 6.07 Å². The number of nitrogens with one attached hydrogen (secondary N) is 1. The largest absolute Gasteiger partial charge is 0.489 e. The molecule has 2 unspecified atom stereocenters. The Kier molecular flexibility index (Phi) is 3.72. The summed E-state index contributed by atoms with van der Waals surface area (Å²) in [5, 5.41) is 12.8. The Bertz CT molecular complexity index is 534. The molecule has 0 aromatic heterocycles. The van der Waals surface area contributed by atoms with Gasteiger partial charge in [0.2, 0.25) is 0 Å². The molecule has 0 spiro atoms. The van der Waals surface area contributed by atoms with Crippen molar-refractivity contribution < 1.29 is 19.4 Å². The van der Waals surface area contributed by atoms with E-state index in [1.165, 1.54) is 0 Å². The zero-order valence-electron chi connectivity index (χ0n) is 10.9. The second-order valence-corrected chi connectivity index (χ2v) is 5.48. The number of aliphatic carboxylic acids is 1. The predicted octanol–water partition coefficient (Wildman–Crippen LogP) is 2.24. The van der Waals surface area contributed by atoms with Gasteiger partial charge in [-0.3, -0.25) is 4.79 Å². The van der Waals surface area contributed by atoms with Crippen LogP contribution in [0.4, 0.5) is 0 Å². The molecule has 2 N–H and O–H groups in total. The van der Waals surface area contributed by atoms with Crippen LogP contribution in [0.15, 0.2) is 12.1 Å². The van der Waals surface area contributed by atoms with E-state index >= 15 is 0 Å². The van der Waals surface area contributed by atoms with Crippen molar-refractivity contribution in [3.63, 3.8) is 0 Å². The van der Waals surface area contributed by atoms with Crippen molar-refractivity contribution in [1.82, 2.24) is 5.32 Å². The van der Waals surface area contributed by atoms with E-state index in [-0.39, 0.29) is 12.0 Å². The minimum Gasteiger partial charge on any atom is -0.489 e. The highest BCUT2D eigenvalue weighted by Crippen LogP contribution is 2.44. The number of carbonyl (C=O) groups is 1. The number of hydrogen-bond acceptors (Lipinski definition) is 4. The third kappa shape index (κ3) is 2.43. The van der Waals surface area contributed by atoms with Crippen molar-refractivity contribution >= 4 is 17.6 Å². The molecule has 1 saturated heterocycles. The van der Waals surface area contributed by atoms with Gasteiger partial charge >= 0.3 is 5.97 Å². The maximum Gasteiger partial charge on any atom is 0.307 e. The fourth-order valence-corrected chi connectivity index (χ4v) is 2.88. The Balaban J connectivity index is 1.92. The van der Waals surface area contributed by atoms with E-state index in [4.69, 9.17) is 26.2 Å². The predicted molar refractivity (Wildman–Crippen MR) is 73.5 cm³/mol. The molecule has 6 heteroatoms. The molecule has 1 fully saturated rings. The Hall–Kier alpha value is -1.46. The minimum atomic E-state index is -0.766. The first-order chi connectivity index (χ1) is 9.66. The smallest absolute Gasteiger partial charge is 0.307 e. The van der Waals surface area contributed by atoms with Gasteiger partial charge in [-0.25, -0.2) is 0 Å². The Morgan fingerprint density at radius 2 is 2.05 bits per heavy atom. The lowest BCUT2D eigenvalue weighted by molar-refractivity contribution is -0.141. The van der Waals surface area contributed by atoms with Crippen LogP contribution in [0.3, 0.4) is 0 Å². The van der Waals surface area contributed by atoms with Crippen LogP contribution in [-0.2, 0) is 4.79 Å². The average molecular weight is 298 g/mol. The summed E-state index contributed by atoms with van der Waals surface area (Å²) in [5.74, 6) is 0.0935. The number of carboxylic acid groups (broad SMARTS) is 1. The SMILES string of the molecule is O=C(O)C1CNC(c2ccc(Cl)c3c2OCCCO3)C1. The lowest BCUT2D eigenvalue weighted by Gasteiger charge is -2.18. The third-order valence-corrected chi connectivity index (χ3v) is 4.03. The number of halogens is 1. The van der Waals surface area contributed by atoms with Crippen LogP contribution in [0.5, 0.6) is 11.5 Å². The van der Waals surface area contributed by atoms with E-state index < -0.39 is 5.97 Å². The van der Waals surface area contributed by atoms with Gasteiger partial charge in [-0.05, 0) is 12.5 Å². The van der Waals surface area contributed by atoms with Gasteiger partial charge in [0.1, 0.15) is 0 Å². The molecule has 5 nitrogen and oxygen atoms in total. The fraction of sp³-hybridized carbons (Fsp3) is 0.500. The van der Waals surface area contributed by atoms with Crippen molar-refractivity contribution in [2.24, 2.45) is 5.92 Å². The number of fused-ring (bicyclic) bond motifs is 1. The Morgan fingerprint density at radius 3 is 2.75 bits per heavy atom. The van der Waals surface area contributed by atoms with Crippen LogP contribution >= 0.6 is 11.6 Å². The molecule has 2 aliphatic rings. The van der Waals surface area contributed by atoms with Crippen molar-refractivity contribution in [2.75, 3.05) is 19.8 Å².